The van der Waals surface area contributed by atoms with Crippen LogP contribution in [0.2, 0.25) is 0 Å². The summed E-state index contributed by atoms with van der Waals surface area (Å²) in [5, 5.41) is 23.2. The molecular formula is C14H21BBrNO4. The van der Waals surface area contributed by atoms with Gasteiger partial charge in [-0.3, -0.25) is 4.79 Å². The minimum atomic E-state index is -1.27. The number of amides is 1. The van der Waals surface area contributed by atoms with Crippen LogP contribution in [-0.2, 0) is 9.45 Å². The van der Waals surface area contributed by atoms with Crippen LogP contribution in [0.1, 0.15) is 27.7 Å². The molecule has 0 radical (unpaired) electrons. The molecule has 7 heteroatoms. The lowest BCUT2D eigenvalue weighted by molar-refractivity contribution is -0.113. The molecule has 3 N–H and O–H groups in total. The number of aliphatic hydroxyl groups is 1. The average molecular weight is 358 g/mol. The van der Waals surface area contributed by atoms with Gasteiger partial charge >= 0.3 is 7.12 Å². The van der Waals surface area contributed by atoms with Crippen molar-refractivity contribution in [1.29, 1.82) is 0 Å². The Morgan fingerprint density at radius 1 is 1.33 bits per heavy atom. The largest absolute Gasteiger partial charge is 0.493 e. The van der Waals surface area contributed by atoms with Gasteiger partial charge in [0.2, 0.25) is 5.91 Å². The highest BCUT2D eigenvalue weighted by Crippen LogP contribution is 2.25. The molecule has 0 aliphatic heterocycles. The summed E-state index contributed by atoms with van der Waals surface area (Å²) in [6, 6.07) is 6.83. The average Bonchev–Trinajstić information content (AvgIpc) is 2.37. The Labute approximate surface area is 134 Å². The highest BCUT2D eigenvalue weighted by molar-refractivity contribution is 9.09. The van der Waals surface area contributed by atoms with Crippen molar-refractivity contribution in [3.63, 3.8) is 0 Å². The van der Waals surface area contributed by atoms with Crippen molar-refractivity contribution in [2.24, 2.45) is 0 Å². The van der Waals surface area contributed by atoms with Crippen LogP contribution in [0, 0.1) is 0 Å². The second-order valence-corrected chi connectivity index (χ2v) is 6.37. The van der Waals surface area contributed by atoms with E-state index in [0.29, 0.717) is 11.2 Å². The van der Waals surface area contributed by atoms with Gasteiger partial charge in [0.1, 0.15) is 0 Å². The molecule has 0 heterocycles. The molecule has 116 valence electrons. The van der Waals surface area contributed by atoms with E-state index in [2.05, 4.69) is 21.2 Å². The van der Waals surface area contributed by atoms with Gasteiger partial charge in [0.15, 0.2) is 0 Å². The zero-order valence-electron chi connectivity index (χ0n) is 12.7. The first kappa shape index (κ1) is 18.2. The summed E-state index contributed by atoms with van der Waals surface area (Å²) >= 11 is 3.07. The van der Waals surface area contributed by atoms with Gasteiger partial charge in [0.25, 0.3) is 0 Å². The third-order valence-corrected chi connectivity index (χ3v) is 4.01. The van der Waals surface area contributed by atoms with Crippen molar-refractivity contribution in [3.05, 3.63) is 24.3 Å². The van der Waals surface area contributed by atoms with Crippen LogP contribution in [0.5, 0.6) is 0 Å². The molecule has 0 saturated heterocycles. The van der Waals surface area contributed by atoms with Crippen molar-refractivity contribution in [3.8, 4) is 0 Å². The molecule has 1 aromatic rings. The number of hydrogen-bond acceptors (Lipinski definition) is 4. The third kappa shape index (κ3) is 4.81. The van der Waals surface area contributed by atoms with Gasteiger partial charge in [-0.1, -0.05) is 34.1 Å². The Morgan fingerprint density at radius 3 is 2.43 bits per heavy atom. The zero-order valence-corrected chi connectivity index (χ0v) is 14.3. The number of halogens is 1. The number of anilines is 1. The highest BCUT2D eigenvalue weighted by Gasteiger charge is 2.40. The highest BCUT2D eigenvalue weighted by atomic mass is 79.9. The molecule has 1 rings (SSSR count). The van der Waals surface area contributed by atoms with Crippen molar-refractivity contribution in [1.82, 2.24) is 0 Å². The zero-order chi connectivity index (χ0) is 16.3. The summed E-state index contributed by atoms with van der Waals surface area (Å²) in [5.41, 5.74) is -1.20. The molecule has 0 unspecified atom stereocenters. The number of carbonyl (C=O) groups excluding carboxylic acids is 1. The van der Waals surface area contributed by atoms with Gasteiger partial charge in [-0.2, -0.15) is 0 Å². The molecule has 0 saturated carbocycles. The molecule has 0 aliphatic carbocycles. The maximum atomic E-state index is 11.5. The number of hydrogen-bond donors (Lipinski definition) is 3. The van der Waals surface area contributed by atoms with Crippen molar-refractivity contribution in [2.45, 2.75) is 38.9 Å². The molecule has 0 atom stereocenters. The number of para-hydroxylation sites is 1. The fraction of sp³-hybridized carbons (Fsp3) is 0.500. The van der Waals surface area contributed by atoms with Crippen LogP contribution in [0.4, 0.5) is 5.69 Å². The van der Waals surface area contributed by atoms with Gasteiger partial charge in [-0.15, -0.1) is 0 Å². The minimum Gasteiger partial charge on any atom is -0.423 e. The normalized spacial score (nSPS) is 12.1. The lowest BCUT2D eigenvalue weighted by atomic mass is 9.75. The van der Waals surface area contributed by atoms with E-state index in [1.807, 2.05) is 0 Å². The first-order valence-corrected chi connectivity index (χ1v) is 7.73. The van der Waals surface area contributed by atoms with E-state index in [4.69, 9.17) is 4.65 Å². The molecule has 1 amide bonds. The predicted octanol–water partition coefficient (Wildman–Crippen LogP) is 1.27. The molecule has 0 bridgehead atoms. The molecule has 1 aromatic carbocycles. The van der Waals surface area contributed by atoms with E-state index in [0.717, 1.165) is 0 Å². The fourth-order valence-electron chi connectivity index (χ4n) is 1.50. The summed E-state index contributed by atoms with van der Waals surface area (Å²) < 4.78 is 5.59. The number of carbonyl (C=O) groups is 1. The topological polar surface area (TPSA) is 78.8 Å². The number of benzene rings is 1. The molecular weight excluding hydrogens is 337 g/mol. The monoisotopic (exact) mass is 357 g/mol. The quantitative estimate of drug-likeness (QED) is 0.529. The lowest BCUT2D eigenvalue weighted by Gasteiger charge is -2.38. The van der Waals surface area contributed by atoms with E-state index < -0.39 is 18.3 Å². The van der Waals surface area contributed by atoms with Gasteiger partial charge in [0, 0.05) is 11.2 Å². The van der Waals surface area contributed by atoms with Crippen LogP contribution in [0.3, 0.4) is 0 Å². The summed E-state index contributed by atoms with van der Waals surface area (Å²) in [5.74, 6) is -0.226. The summed E-state index contributed by atoms with van der Waals surface area (Å²) in [6.45, 7) is 6.60. The van der Waals surface area contributed by atoms with E-state index in [-0.39, 0.29) is 11.2 Å². The van der Waals surface area contributed by atoms with Gasteiger partial charge in [-0.25, -0.2) is 0 Å². The van der Waals surface area contributed by atoms with Crippen molar-refractivity contribution < 1.29 is 19.6 Å². The minimum absolute atomic E-state index is 0.160. The standard InChI is InChI=1S/C14H21BBrNO4/c1-13(2,19)14(3,4)21-15(20)10-7-5-6-8-11(10)17-12(18)9-16/h5-8,19-20H,9H2,1-4H3,(H,17,18). The molecule has 21 heavy (non-hydrogen) atoms. The van der Waals surface area contributed by atoms with Gasteiger partial charge in [-0.05, 0) is 33.8 Å². The van der Waals surface area contributed by atoms with Crippen LogP contribution in [-0.4, -0.2) is 39.7 Å². The summed E-state index contributed by atoms with van der Waals surface area (Å²) in [4.78, 5) is 11.5. The SMILES string of the molecule is CC(C)(O)C(C)(C)OB(O)c1ccccc1NC(=O)CBr. The molecule has 0 spiro atoms. The first-order chi connectivity index (χ1) is 9.58. The Balaban J connectivity index is 2.98. The third-order valence-electron chi connectivity index (χ3n) is 3.50. The second-order valence-electron chi connectivity index (χ2n) is 5.81. The summed E-state index contributed by atoms with van der Waals surface area (Å²) in [7, 11) is -1.27. The molecule has 5 nitrogen and oxygen atoms in total. The molecule has 0 aliphatic rings. The van der Waals surface area contributed by atoms with Crippen molar-refractivity contribution in [2.75, 3.05) is 10.6 Å². The van der Waals surface area contributed by atoms with E-state index in [9.17, 15) is 14.9 Å². The van der Waals surface area contributed by atoms with Crippen molar-refractivity contribution >= 4 is 40.1 Å². The maximum Gasteiger partial charge on any atom is 0.493 e. The Bertz CT molecular complexity index is 502. The number of nitrogens with one attached hydrogen (secondary N) is 1. The van der Waals surface area contributed by atoms with Crippen LogP contribution < -0.4 is 10.8 Å². The van der Waals surface area contributed by atoms with Crippen LogP contribution >= 0.6 is 15.9 Å². The van der Waals surface area contributed by atoms with E-state index in [1.54, 1.807) is 52.0 Å². The number of alkyl halides is 1. The first-order valence-electron chi connectivity index (χ1n) is 6.61. The predicted molar refractivity (Wildman–Crippen MR) is 87.9 cm³/mol. The smallest absolute Gasteiger partial charge is 0.423 e. The Hall–Kier alpha value is -0.885. The Kier molecular flexibility index (Phi) is 5.98. The summed E-state index contributed by atoms with van der Waals surface area (Å²) in [6.07, 6.45) is 0. The van der Waals surface area contributed by atoms with Crippen LogP contribution in [0.25, 0.3) is 0 Å². The van der Waals surface area contributed by atoms with Crippen LogP contribution in [0.15, 0.2) is 24.3 Å². The maximum absolute atomic E-state index is 11.5. The second kappa shape index (κ2) is 6.92. The molecule has 0 aromatic heterocycles. The number of rotatable bonds is 6. The Morgan fingerprint density at radius 2 is 1.90 bits per heavy atom. The van der Waals surface area contributed by atoms with E-state index >= 15 is 0 Å². The van der Waals surface area contributed by atoms with E-state index in [1.165, 1.54) is 0 Å². The lowest BCUT2D eigenvalue weighted by Crippen LogP contribution is -2.53. The van der Waals surface area contributed by atoms with Gasteiger partial charge in [0.05, 0.1) is 16.5 Å². The molecule has 0 fully saturated rings. The fourth-order valence-corrected chi connectivity index (χ4v) is 1.64. The van der Waals surface area contributed by atoms with Gasteiger partial charge < -0.3 is 20.1 Å².